The number of aromatic nitrogens is 1. The number of pyridine rings is 1. The summed E-state index contributed by atoms with van der Waals surface area (Å²) in [6, 6.07) is 9.21. The molecule has 0 saturated heterocycles. The van der Waals surface area contributed by atoms with E-state index in [0.717, 1.165) is 25.1 Å². The zero-order valence-electron chi connectivity index (χ0n) is 12.4. The predicted molar refractivity (Wildman–Crippen MR) is 93.4 cm³/mol. The van der Waals surface area contributed by atoms with Crippen molar-refractivity contribution in [2.45, 2.75) is 32.7 Å². The van der Waals surface area contributed by atoms with Gasteiger partial charge in [-0.3, -0.25) is 4.98 Å². The Hall–Kier alpha value is -1.23. The molecule has 2 nitrogen and oxygen atoms in total. The molecule has 0 aliphatic heterocycles. The molecule has 0 aliphatic carbocycles. The van der Waals surface area contributed by atoms with Crippen LogP contribution in [-0.4, -0.2) is 11.5 Å². The number of nitrogens with zero attached hydrogens (tertiary/aromatic N) is 1. The Balaban J connectivity index is 1.82. The third-order valence-electron chi connectivity index (χ3n) is 3.53. The lowest BCUT2D eigenvalue weighted by molar-refractivity contribution is 0.532. The van der Waals surface area contributed by atoms with Gasteiger partial charge in [0.2, 0.25) is 0 Å². The number of nitrogens with one attached hydrogen (secondary N) is 1. The van der Waals surface area contributed by atoms with E-state index in [9.17, 15) is 0 Å². The Morgan fingerprint density at radius 3 is 2.86 bits per heavy atom. The van der Waals surface area contributed by atoms with E-state index in [0.29, 0.717) is 6.04 Å². The van der Waals surface area contributed by atoms with Gasteiger partial charge in [-0.2, -0.15) is 0 Å². The molecule has 3 rings (SSSR count). The summed E-state index contributed by atoms with van der Waals surface area (Å²) in [7, 11) is 0. The molecule has 1 atom stereocenters. The molecule has 0 saturated carbocycles. The summed E-state index contributed by atoms with van der Waals surface area (Å²) in [4.78, 5) is 5.98. The molecule has 0 bridgehead atoms. The first kappa shape index (κ1) is 14.7. The molecule has 3 aromatic rings. The summed E-state index contributed by atoms with van der Waals surface area (Å²) in [5.41, 5.74) is 2.37. The molecule has 3 aromatic heterocycles. The fourth-order valence-electron chi connectivity index (χ4n) is 2.38. The number of fused-ring (bicyclic) bond motifs is 1. The highest BCUT2D eigenvalue weighted by Gasteiger charge is 2.15. The van der Waals surface area contributed by atoms with Crippen molar-refractivity contribution in [2.75, 3.05) is 6.54 Å². The van der Waals surface area contributed by atoms with E-state index >= 15 is 0 Å². The number of rotatable bonds is 6. The fraction of sp³-hybridized carbons (Fsp3) is 0.353. The van der Waals surface area contributed by atoms with Crippen molar-refractivity contribution in [3.8, 4) is 0 Å². The summed E-state index contributed by atoms with van der Waals surface area (Å²) < 4.78 is 2.80. The first-order chi connectivity index (χ1) is 10.3. The molecule has 0 aliphatic rings. The van der Waals surface area contributed by atoms with Crippen LogP contribution in [0.25, 0.3) is 9.40 Å². The molecule has 0 spiro atoms. The molecular weight excluding hydrogens is 296 g/mol. The van der Waals surface area contributed by atoms with Gasteiger partial charge in [-0.25, -0.2) is 0 Å². The van der Waals surface area contributed by atoms with Crippen molar-refractivity contribution in [3.05, 3.63) is 52.0 Å². The van der Waals surface area contributed by atoms with Crippen LogP contribution in [0.2, 0.25) is 0 Å². The van der Waals surface area contributed by atoms with Gasteiger partial charge in [-0.15, -0.1) is 22.7 Å². The second kappa shape index (κ2) is 6.69. The van der Waals surface area contributed by atoms with Crippen LogP contribution in [0.1, 0.15) is 35.5 Å². The van der Waals surface area contributed by atoms with Gasteiger partial charge in [-0.1, -0.05) is 13.0 Å². The number of hydrogen-bond acceptors (Lipinski definition) is 4. The summed E-state index contributed by atoms with van der Waals surface area (Å²) in [5, 5.41) is 5.84. The zero-order chi connectivity index (χ0) is 14.7. The van der Waals surface area contributed by atoms with Gasteiger partial charge in [-0.05, 0) is 49.0 Å². The predicted octanol–water partition coefficient (Wildman–Crippen LogP) is 4.95. The first-order valence-electron chi connectivity index (χ1n) is 7.38. The van der Waals surface area contributed by atoms with Crippen molar-refractivity contribution < 1.29 is 0 Å². The van der Waals surface area contributed by atoms with Crippen LogP contribution in [0.4, 0.5) is 0 Å². The van der Waals surface area contributed by atoms with E-state index in [4.69, 9.17) is 0 Å². The Kier molecular flexibility index (Phi) is 4.68. The van der Waals surface area contributed by atoms with Crippen LogP contribution in [0.15, 0.2) is 35.8 Å². The smallest absolute Gasteiger partial charge is 0.0471 e. The molecule has 1 unspecified atom stereocenters. The van der Waals surface area contributed by atoms with Gasteiger partial charge < -0.3 is 5.32 Å². The highest BCUT2D eigenvalue weighted by molar-refractivity contribution is 7.26. The van der Waals surface area contributed by atoms with Crippen LogP contribution in [0, 0.1) is 6.92 Å². The van der Waals surface area contributed by atoms with Gasteiger partial charge in [0.1, 0.15) is 0 Å². The van der Waals surface area contributed by atoms with E-state index in [2.05, 4.69) is 53.8 Å². The molecule has 21 heavy (non-hydrogen) atoms. The normalized spacial score (nSPS) is 12.9. The lowest BCUT2D eigenvalue weighted by Gasteiger charge is -2.16. The highest BCUT2D eigenvalue weighted by atomic mass is 32.1. The lowest BCUT2D eigenvalue weighted by Crippen LogP contribution is -2.23. The van der Waals surface area contributed by atoms with Crippen molar-refractivity contribution in [2.24, 2.45) is 0 Å². The van der Waals surface area contributed by atoms with E-state index < -0.39 is 0 Å². The highest BCUT2D eigenvalue weighted by Crippen LogP contribution is 2.34. The third-order valence-corrected chi connectivity index (χ3v) is 5.74. The molecule has 4 heteroatoms. The second-order valence-corrected chi connectivity index (χ2v) is 7.40. The minimum atomic E-state index is 0.366. The number of hydrogen-bond donors (Lipinski definition) is 1. The van der Waals surface area contributed by atoms with E-state index in [1.54, 1.807) is 0 Å². The van der Waals surface area contributed by atoms with E-state index in [-0.39, 0.29) is 0 Å². The summed E-state index contributed by atoms with van der Waals surface area (Å²) in [5.74, 6) is 0. The summed E-state index contributed by atoms with van der Waals surface area (Å²) in [6.07, 6.45) is 4.06. The van der Waals surface area contributed by atoms with Crippen LogP contribution < -0.4 is 5.32 Å². The number of thiophene rings is 2. The van der Waals surface area contributed by atoms with Gasteiger partial charge >= 0.3 is 0 Å². The van der Waals surface area contributed by atoms with Gasteiger partial charge in [0.05, 0.1) is 0 Å². The maximum absolute atomic E-state index is 4.56. The largest absolute Gasteiger partial charge is 0.309 e. The molecule has 0 fully saturated rings. The Morgan fingerprint density at radius 2 is 2.14 bits per heavy atom. The second-order valence-electron chi connectivity index (χ2n) is 5.34. The average Bonchev–Trinajstić information content (AvgIpc) is 3.06. The minimum Gasteiger partial charge on any atom is -0.309 e. The molecule has 0 amide bonds. The Morgan fingerprint density at radius 1 is 1.24 bits per heavy atom. The third kappa shape index (κ3) is 3.51. The monoisotopic (exact) mass is 316 g/mol. The molecular formula is C17H20N2S2. The van der Waals surface area contributed by atoms with Crippen molar-refractivity contribution in [3.63, 3.8) is 0 Å². The van der Waals surface area contributed by atoms with E-state index in [1.165, 1.54) is 19.8 Å². The van der Waals surface area contributed by atoms with Gasteiger partial charge in [0.25, 0.3) is 0 Å². The minimum absolute atomic E-state index is 0.366. The molecule has 0 aromatic carbocycles. The average molecular weight is 316 g/mol. The number of aryl methyl sites for hydroxylation is 1. The summed E-state index contributed by atoms with van der Waals surface area (Å²) >= 11 is 3.73. The lowest BCUT2D eigenvalue weighted by atomic mass is 10.1. The van der Waals surface area contributed by atoms with Crippen LogP contribution in [-0.2, 0) is 6.42 Å². The van der Waals surface area contributed by atoms with Gasteiger partial charge in [0, 0.05) is 38.6 Å². The Bertz CT molecular complexity index is 668. The maximum Gasteiger partial charge on any atom is 0.0471 e. The quantitative estimate of drug-likeness (QED) is 0.696. The SMILES string of the molecule is CCCNC(Cc1ccc(C)cn1)c1cc2sccc2s1. The molecule has 0 radical (unpaired) electrons. The van der Waals surface area contributed by atoms with E-state index in [1.807, 2.05) is 28.9 Å². The fourth-order valence-corrected chi connectivity index (χ4v) is 4.57. The Labute approximate surface area is 133 Å². The van der Waals surface area contributed by atoms with Crippen molar-refractivity contribution in [1.29, 1.82) is 0 Å². The molecule has 1 N–H and O–H groups in total. The summed E-state index contributed by atoms with van der Waals surface area (Å²) in [6.45, 7) is 5.33. The first-order valence-corrected chi connectivity index (χ1v) is 9.07. The standard InChI is InChI=1S/C17H20N2S2/c1-3-7-18-14(9-13-5-4-12(2)11-19-13)16-10-17-15(21-16)6-8-20-17/h4-6,8,10-11,14,18H,3,7,9H2,1-2H3. The van der Waals surface area contributed by atoms with Gasteiger partial charge in [0.15, 0.2) is 0 Å². The maximum atomic E-state index is 4.56. The van der Waals surface area contributed by atoms with Crippen LogP contribution in [0.3, 0.4) is 0 Å². The topological polar surface area (TPSA) is 24.9 Å². The zero-order valence-corrected chi connectivity index (χ0v) is 14.1. The molecule has 110 valence electrons. The van der Waals surface area contributed by atoms with Crippen molar-refractivity contribution >= 4 is 32.1 Å². The van der Waals surface area contributed by atoms with Crippen LogP contribution >= 0.6 is 22.7 Å². The van der Waals surface area contributed by atoms with Crippen molar-refractivity contribution in [1.82, 2.24) is 10.3 Å². The molecule has 3 heterocycles. The van der Waals surface area contributed by atoms with Crippen LogP contribution in [0.5, 0.6) is 0 Å².